The van der Waals surface area contributed by atoms with E-state index in [1.807, 2.05) is 0 Å². The second kappa shape index (κ2) is 4.84. The maximum Gasteiger partial charge on any atom is 0.333 e. The van der Waals surface area contributed by atoms with Crippen molar-refractivity contribution in [2.45, 2.75) is 32.6 Å². The van der Waals surface area contributed by atoms with E-state index in [1.54, 1.807) is 6.92 Å². The van der Waals surface area contributed by atoms with Gasteiger partial charge in [0, 0.05) is 12.0 Å². The lowest BCUT2D eigenvalue weighted by atomic mass is 10.2. The topological polar surface area (TPSA) is 46.5 Å². The minimum Gasteiger partial charge on any atom is -0.512 e. The van der Waals surface area contributed by atoms with Crippen molar-refractivity contribution in [2.24, 2.45) is 0 Å². The van der Waals surface area contributed by atoms with E-state index in [0.29, 0.717) is 30.8 Å². The second-order valence-corrected chi connectivity index (χ2v) is 3.57. The van der Waals surface area contributed by atoms with E-state index in [2.05, 4.69) is 6.58 Å². The highest BCUT2D eigenvalue weighted by atomic mass is 16.5. The van der Waals surface area contributed by atoms with Crippen LogP contribution in [0.4, 0.5) is 0 Å². The summed E-state index contributed by atoms with van der Waals surface area (Å²) in [7, 11) is 0. The van der Waals surface area contributed by atoms with Crippen molar-refractivity contribution >= 4 is 5.97 Å². The Morgan fingerprint density at radius 1 is 1.57 bits per heavy atom. The summed E-state index contributed by atoms with van der Waals surface area (Å²) in [5.74, 6) is 0.125. The molecule has 0 atom stereocenters. The summed E-state index contributed by atoms with van der Waals surface area (Å²) in [6, 6.07) is 0. The lowest BCUT2D eigenvalue weighted by Crippen LogP contribution is -2.06. The van der Waals surface area contributed by atoms with Gasteiger partial charge in [-0.15, -0.1) is 0 Å². The molecule has 0 aliphatic heterocycles. The molecule has 78 valence electrons. The highest BCUT2D eigenvalue weighted by molar-refractivity contribution is 5.86. The Labute approximate surface area is 84.1 Å². The van der Waals surface area contributed by atoms with Gasteiger partial charge in [-0.25, -0.2) is 4.79 Å². The SMILES string of the molecule is C=C(C)C(=O)OCCCC(O)=C1CC1. The van der Waals surface area contributed by atoms with Crippen LogP contribution in [0.3, 0.4) is 0 Å². The van der Waals surface area contributed by atoms with Gasteiger partial charge >= 0.3 is 5.97 Å². The van der Waals surface area contributed by atoms with Crippen molar-refractivity contribution in [1.82, 2.24) is 0 Å². The van der Waals surface area contributed by atoms with Crippen LogP contribution in [0.1, 0.15) is 32.6 Å². The minimum atomic E-state index is -0.358. The van der Waals surface area contributed by atoms with Gasteiger partial charge in [0.15, 0.2) is 0 Å². The molecule has 1 aliphatic rings. The van der Waals surface area contributed by atoms with Crippen LogP contribution in [0.2, 0.25) is 0 Å². The first-order valence-electron chi connectivity index (χ1n) is 4.83. The Morgan fingerprint density at radius 2 is 2.21 bits per heavy atom. The molecule has 0 amide bonds. The molecule has 3 nitrogen and oxygen atoms in total. The smallest absolute Gasteiger partial charge is 0.333 e. The molecule has 1 fully saturated rings. The van der Waals surface area contributed by atoms with Gasteiger partial charge in [-0.3, -0.25) is 0 Å². The molecular formula is C11H16O3. The number of carbonyl (C=O) groups excluding carboxylic acids is 1. The molecule has 1 rings (SSSR count). The lowest BCUT2D eigenvalue weighted by molar-refractivity contribution is -0.139. The van der Waals surface area contributed by atoms with Gasteiger partial charge in [0.25, 0.3) is 0 Å². The van der Waals surface area contributed by atoms with Crippen molar-refractivity contribution in [3.63, 3.8) is 0 Å². The molecule has 0 radical (unpaired) electrons. The normalized spacial score (nSPS) is 13.6. The fraction of sp³-hybridized carbons (Fsp3) is 0.545. The first-order chi connectivity index (χ1) is 6.61. The van der Waals surface area contributed by atoms with E-state index in [9.17, 15) is 9.90 Å². The molecule has 0 aromatic rings. The van der Waals surface area contributed by atoms with Crippen molar-refractivity contribution in [3.8, 4) is 0 Å². The number of hydrogen-bond donors (Lipinski definition) is 1. The van der Waals surface area contributed by atoms with Crippen molar-refractivity contribution in [3.05, 3.63) is 23.5 Å². The summed E-state index contributed by atoms with van der Waals surface area (Å²) in [4.78, 5) is 10.9. The lowest BCUT2D eigenvalue weighted by Gasteiger charge is -2.03. The van der Waals surface area contributed by atoms with Crippen LogP contribution in [-0.2, 0) is 9.53 Å². The third-order valence-corrected chi connectivity index (χ3v) is 2.05. The molecular weight excluding hydrogens is 180 g/mol. The molecule has 0 spiro atoms. The molecule has 1 aliphatic carbocycles. The molecule has 14 heavy (non-hydrogen) atoms. The van der Waals surface area contributed by atoms with E-state index in [4.69, 9.17) is 4.74 Å². The van der Waals surface area contributed by atoms with Gasteiger partial charge in [-0.1, -0.05) is 6.58 Å². The molecule has 0 heterocycles. The van der Waals surface area contributed by atoms with Crippen LogP contribution in [0.5, 0.6) is 0 Å². The minimum absolute atomic E-state index is 0.350. The summed E-state index contributed by atoms with van der Waals surface area (Å²) < 4.78 is 4.88. The largest absolute Gasteiger partial charge is 0.512 e. The quantitative estimate of drug-likeness (QED) is 0.318. The van der Waals surface area contributed by atoms with Crippen molar-refractivity contribution in [2.75, 3.05) is 6.61 Å². The van der Waals surface area contributed by atoms with Crippen LogP contribution in [0, 0.1) is 0 Å². The number of aliphatic hydroxyl groups is 1. The molecule has 1 N–H and O–H groups in total. The fourth-order valence-corrected chi connectivity index (χ4v) is 1.06. The van der Waals surface area contributed by atoms with Crippen LogP contribution in [-0.4, -0.2) is 17.7 Å². The molecule has 3 heteroatoms. The monoisotopic (exact) mass is 196 g/mol. The maximum absolute atomic E-state index is 10.9. The zero-order valence-corrected chi connectivity index (χ0v) is 8.51. The molecule has 0 saturated heterocycles. The Bertz CT molecular complexity index is 270. The highest BCUT2D eigenvalue weighted by Crippen LogP contribution is 2.31. The van der Waals surface area contributed by atoms with E-state index in [1.165, 1.54) is 0 Å². The average Bonchev–Trinajstić information content (AvgIpc) is 2.94. The molecule has 0 aromatic carbocycles. The Kier molecular flexibility index (Phi) is 3.74. The summed E-state index contributed by atoms with van der Waals surface area (Å²) in [6.45, 7) is 5.44. The maximum atomic E-state index is 10.9. The van der Waals surface area contributed by atoms with Crippen LogP contribution in [0.15, 0.2) is 23.5 Å². The fourth-order valence-electron chi connectivity index (χ4n) is 1.06. The highest BCUT2D eigenvalue weighted by Gasteiger charge is 2.16. The Morgan fingerprint density at radius 3 is 2.71 bits per heavy atom. The third kappa shape index (κ3) is 3.64. The summed E-state index contributed by atoms with van der Waals surface area (Å²) >= 11 is 0. The van der Waals surface area contributed by atoms with Gasteiger partial charge in [-0.05, 0) is 31.8 Å². The van der Waals surface area contributed by atoms with Gasteiger partial charge < -0.3 is 9.84 Å². The second-order valence-electron chi connectivity index (χ2n) is 3.57. The standard InChI is InChI=1S/C11H16O3/c1-8(2)11(13)14-7-3-4-10(12)9-5-6-9/h12H,1,3-7H2,2H3. The van der Waals surface area contributed by atoms with Crippen LogP contribution < -0.4 is 0 Å². The first kappa shape index (κ1) is 10.8. The summed E-state index contributed by atoms with van der Waals surface area (Å²) in [5, 5.41) is 9.38. The zero-order chi connectivity index (χ0) is 10.6. The predicted molar refractivity (Wildman–Crippen MR) is 53.9 cm³/mol. The number of ether oxygens (including phenoxy) is 1. The first-order valence-corrected chi connectivity index (χ1v) is 4.83. The van der Waals surface area contributed by atoms with Crippen molar-refractivity contribution < 1.29 is 14.6 Å². The number of carbonyl (C=O) groups is 1. The van der Waals surface area contributed by atoms with Gasteiger partial charge in [0.05, 0.1) is 12.4 Å². The number of aliphatic hydroxyl groups excluding tert-OH is 1. The van der Waals surface area contributed by atoms with E-state index >= 15 is 0 Å². The van der Waals surface area contributed by atoms with E-state index in [-0.39, 0.29) is 5.97 Å². The van der Waals surface area contributed by atoms with E-state index in [0.717, 1.165) is 18.4 Å². The van der Waals surface area contributed by atoms with Gasteiger partial charge in [0.1, 0.15) is 0 Å². The molecule has 0 aromatic heterocycles. The summed E-state index contributed by atoms with van der Waals surface area (Å²) in [6.07, 6.45) is 3.34. The molecule has 0 bridgehead atoms. The molecule has 1 saturated carbocycles. The van der Waals surface area contributed by atoms with Crippen LogP contribution in [0.25, 0.3) is 0 Å². The number of allylic oxidation sites excluding steroid dienone is 2. The van der Waals surface area contributed by atoms with Gasteiger partial charge in [0.2, 0.25) is 0 Å². The van der Waals surface area contributed by atoms with Gasteiger partial charge in [-0.2, -0.15) is 0 Å². The third-order valence-electron chi connectivity index (χ3n) is 2.05. The Balaban J connectivity index is 2.07. The predicted octanol–water partition coefficient (Wildman–Crippen LogP) is 2.49. The van der Waals surface area contributed by atoms with Crippen molar-refractivity contribution in [1.29, 1.82) is 0 Å². The zero-order valence-electron chi connectivity index (χ0n) is 8.51. The molecule has 0 unspecified atom stereocenters. The number of rotatable bonds is 5. The Hall–Kier alpha value is -1.25. The number of esters is 1. The van der Waals surface area contributed by atoms with E-state index < -0.39 is 0 Å². The van der Waals surface area contributed by atoms with Crippen LogP contribution >= 0.6 is 0 Å². The number of hydrogen-bond acceptors (Lipinski definition) is 3. The summed E-state index contributed by atoms with van der Waals surface area (Å²) in [5.41, 5.74) is 1.56. The average molecular weight is 196 g/mol.